The van der Waals surface area contributed by atoms with Gasteiger partial charge in [-0.1, -0.05) is 0 Å². The van der Waals surface area contributed by atoms with E-state index in [-0.39, 0.29) is 11.2 Å². The molecular weight excluding hydrogens is 272 g/mol. The van der Waals surface area contributed by atoms with E-state index >= 15 is 0 Å². The molecule has 8 fully saturated rings. The molecular formula is C20H32O2. The third-order valence-corrected chi connectivity index (χ3v) is 8.01. The topological polar surface area (TPSA) is 40.5 Å². The number of rotatable bonds is 0. The van der Waals surface area contributed by atoms with Gasteiger partial charge >= 0.3 is 0 Å². The summed E-state index contributed by atoms with van der Waals surface area (Å²) in [5, 5.41) is 20.2. The highest BCUT2D eigenvalue weighted by molar-refractivity contribution is 5.02. The molecule has 0 heterocycles. The zero-order chi connectivity index (χ0) is 14.9. The van der Waals surface area contributed by atoms with Crippen LogP contribution in [0.2, 0.25) is 0 Å². The zero-order valence-electron chi connectivity index (χ0n) is 13.8. The predicted molar refractivity (Wildman–Crippen MR) is 86.2 cm³/mol. The van der Waals surface area contributed by atoms with Crippen molar-refractivity contribution in [1.29, 1.82) is 0 Å². The normalized spacial score (nSPS) is 60.3. The molecule has 2 heteroatoms. The first-order valence-electron chi connectivity index (χ1n) is 9.92. The van der Waals surface area contributed by atoms with Gasteiger partial charge in [0.05, 0.1) is 11.2 Å². The molecule has 8 aliphatic carbocycles. The van der Waals surface area contributed by atoms with Crippen LogP contribution in [0.4, 0.5) is 0 Å². The Morgan fingerprint density at radius 1 is 0.409 bits per heavy atom. The van der Waals surface area contributed by atoms with Gasteiger partial charge in [0.15, 0.2) is 0 Å². The minimum absolute atomic E-state index is 0.200. The Balaban J connectivity index is 0.000000102. The summed E-state index contributed by atoms with van der Waals surface area (Å²) in [6.45, 7) is 0. The SMILES string of the molecule is OC12CC3CC(CC(C3)C1)C2.OC12CC3CC(CC(C3)C1)C2. The van der Waals surface area contributed by atoms with Crippen molar-refractivity contribution >= 4 is 0 Å². The maximum absolute atomic E-state index is 10.1. The summed E-state index contributed by atoms with van der Waals surface area (Å²) in [6, 6.07) is 0. The lowest BCUT2D eigenvalue weighted by Gasteiger charge is -2.54. The third kappa shape index (κ3) is 2.45. The molecule has 0 spiro atoms. The lowest BCUT2D eigenvalue weighted by Crippen LogP contribution is -2.50. The molecule has 8 bridgehead atoms. The van der Waals surface area contributed by atoms with Crippen molar-refractivity contribution in [2.45, 2.75) is 88.3 Å². The Bertz CT molecular complexity index is 342. The maximum Gasteiger partial charge on any atom is 0.0655 e. The first-order chi connectivity index (χ1) is 10.5. The highest BCUT2D eigenvalue weighted by atomic mass is 16.3. The molecule has 0 atom stereocenters. The second kappa shape index (κ2) is 4.72. The van der Waals surface area contributed by atoms with Crippen LogP contribution in [0.15, 0.2) is 0 Å². The molecule has 22 heavy (non-hydrogen) atoms. The molecule has 0 amide bonds. The van der Waals surface area contributed by atoms with Crippen molar-refractivity contribution in [2.75, 3.05) is 0 Å². The van der Waals surface area contributed by atoms with Crippen molar-refractivity contribution < 1.29 is 10.2 Å². The van der Waals surface area contributed by atoms with Crippen LogP contribution in [0.5, 0.6) is 0 Å². The van der Waals surface area contributed by atoms with E-state index in [2.05, 4.69) is 0 Å². The molecule has 8 saturated carbocycles. The van der Waals surface area contributed by atoms with Crippen LogP contribution in [0.25, 0.3) is 0 Å². The van der Waals surface area contributed by atoms with Crippen LogP contribution in [0, 0.1) is 35.5 Å². The van der Waals surface area contributed by atoms with Crippen LogP contribution in [-0.4, -0.2) is 21.4 Å². The summed E-state index contributed by atoms with van der Waals surface area (Å²) in [5.74, 6) is 5.37. The maximum atomic E-state index is 10.1. The summed E-state index contributed by atoms with van der Waals surface area (Å²) in [4.78, 5) is 0. The van der Waals surface area contributed by atoms with Gasteiger partial charge in [-0.2, -0.15) is 0 Å². The fraction of sp³-hybridized carbons (Fsp3) is 1.00. The standard InChI is InChI=1S/2C10H16O/c2*11-10-4-7-1-8(5-10)3-9(2-7)6-10/h2*7-9,11H,1-6H2. The average molecular weight is 304 g/mol. The van der Waals surface area contributed by atoms with E-state index in [1.165, 1.54) is 38.5 Å². The van der Waals surface area contributed by atoms with E-state index < -0.39 is 0 Å². The summed E-state index contributed by atoms with van der Waals surface area (Å²) < 4.78 is 0. The summed E-state index contributed by atoms with van der Waals surface area (Å²) in [6.07, 6.45) is 15.3. The Morgan fingerprint density at radius 2 is 0.591 bits per heavy atom. The molecule has 0 aromatic rings. The molecule has 0 aromatic heterocycles. The van der Waals surface area contributed by atoms with Crippen molar-refractivity contribution in [3.05, 3.63) is 0 Å². The van der Waals surface area contributed by atoms with Gasteiger partial charge in [-0.25, -0.2) is 0 Å². The van der Waals surface area contributed by atoms with Crippen LogP contribution in [0.3, 0.4) is 0 Å². The summed E-state index contributed by atoms with van der Waals surface area (Å²) in [5.41, 5.74) is -0.399. The van der Waals surface area contributed by atoms with Gasteiger partial charge in [-0.05, 0) is 113 Å². The average Bonchev–Trinajstić information content (AvgIpc) is 2.32. The lowest BCUT2D eigenvalue weighted by atomic mass is 9.54. The Kier molecular flexibility index (Phi) is 3.07. The minimum atomic E-state index is -0.200. The predicted octanol–water partition coefficient (Wildman–Crippen LogP) is 3.90. The van der Waals surface area contributed by atoms with Crippen LogP contribution in [0.1, 0.15) is 77.0 Å². The molecule has 8 aliphatic rings. The summed E-state index contributed by atoms with van der Waals surface area (Å²) >= 11 is 0. The van der Waals surface area contributed by atoms with Crippen LogP contribution < -0.4 is 0 Å². The highest BCUT2D eigenvalue weighted by Gasteiger charge is 2.50. The molecule has 0 saturated heterocycles. The van der Waals surface area contributed by atoms with Gasteiger partial charge in [0.1, 0.15) is 0 Å². The monoisotopic (exact) mass is 304 g/mol. The fourth-order valence-corrected chi connectivity index (χ4v) is 8.13. The van der Waals surface area contributed by atoms with Gasteiger partial charge < -0.3 is 10.2 Å². The largest absolute Gasteiger partial charge is 0.390 e. The van der Waals surface area contributed by atoms with E-state index in [1.807, 2.05) is 0 Å². The molecule has 0 radical (unpaired) electrons. The quantitative estimate of drug-likeness (QED) is 0.712. The first-order valence-corrected chi connectivity index (χ1v) is 9.92. The van der Waals surface area contributed by atoms with Gasteiger partial charge in [-0.15, -0.1) is 0 Å². The van der Waals surface area contributed by atoms with Gasteiger partial charge in [-0.3, -0.25) is 0 Å². The molecule has 0 unspecified atom stereocenters. The highest BCUT2D eigenvalue weighted by Crippen LogP contribution is 2.56. The van der Waals surface area contributed by atoms with E-state index in [0.717, 1.165) is 74.0 Å². The van der Waals surface area contributed by atoms with E-state index in [0.29, 0.717) is 0 Å². The Morgan fingerprint density at radius 3 is 0.727 bits per heavy atom. The van der Waals surface area contributed by atoms with E-state index in [4.69, 9.17) is 0 Å². The van der Waals surface area contributed by atoms with Gasteiger partial charge in [0.25, 0.3) is 0 Å². The number of aliphatic hydroxyl groups is 2. The van der Waals surface area contributed by atoms with Crippen molar-refractivity contribution in [3.8, 4) is 0 Å². The van der Waals surface area contributed by atoms with E-state index in [1.54, 1.807) is 0 Å². The smallest absolute Gasteiger partial charge is 0.0655 e. The number of hydrogen-bond donors (Lipinski definition) is 2. The lowest BCUT2D eigenvalue weighted by molar-refractivity contribution is -0.124. The van der Waals surface area contributed by atoms with Crippen molar-refractivity contribution in [3.63, 3.8) is 0 Å². The second-order valence-electron chi connectivity index (χ2n) is 10.3. The van der Waals surface area contributed by atoms with Crippen LogP contribution in [-0.2, 0) is 0 Å². The first kappa shape index (κ1) is 14.3. The third-order valence-electron chi connectivity index (χ3n) is 8.01. The van der Waals surface area contributed by atoms with E-state index in [9.17, 15) is 10.2 Å². The van der Waals surface area contributed by atoms with Gasteiger partial charge in [0, 0.05) is 0 Å². The fourth-order valence-electron chi connectivity index (χ4n) is 8.13. The Hall–Kier alpha value is -0.0800. The molecule has 2 nitrogen and oxygen atoms in total. The second-order valence-corrected chi connectivity index (χ2v) is 10.3. The summed E-state index contributed by atoms with van der Waals surface area (Å²) in [7, 11) is 0. The molecule has 0 aliphatic heterocycles. The van der Waals surface area contributed by atoms with Crippen LogP contribution >= 0.6 is 0 Å². The Labute approximate surface area is 134 Å². The minimum Gasteiger partial charge on any atom is -0.390 e. The zero-order valence-corrected chi connectivity index (χ0v) is 13.8. The molecule has 8 rings (SSSR count). The van der Waals surface area contributed by atoms with Crippen molar-refractivity contribution in [1.82, 2.24) is 0 Å². The van der Waals surface area contributed by atoms with Crippen molar-refractivity contribution in [2.24, 2.45) is 35.5 Å². The number of hydrogen-bond acceptors (Lipinski definition) is 2. The molecule has 2 N–H and O–H groups in total. The molecule has 124 valence electrons. The van der Waals surface area contributed by atoms with Gasteiger partial charge in [0.2, 0.25) is 0 Å². The molecule has 0 aromatic carbocycles.